The summed E-state index contributed by atoms with van der Waals surface area (Å²) in [5, 5.41) is 9.48. The lowest BCUT2D eigenvalue weighted by molar-refractivity contribution is 0.0702. The molecule has 0 aliphatic heterocycles. The number of aryl methyl sites for hydroxylation is 1. The number of hydrogen-bond donors (Lipinski definition) is 2. The molecular formula is C13H12N2O3S2. The highest BCUT2D eigenvalue weighted by atomic mass is 32.2. The van der Waals surface area contributed by atoms with Crippen LogP contribution in [0.25, 0.3) is 0 Å². The number of aromatic amines is 1. The molecule has 0 amide bonds. The number of fused-ring (bicyclic) bond motifs is 1. The molecule has 1 aliphatic rings. The Bertz CT molecular complexity index is 721. The van der Waals surface area contributed by atoms with E-state index in [0.29, 0.717) is 15.8 Å². The third kappa shape index (κ3) is 2.64. The van der Waals surface area contributed by atoms with Gasteiger partial charge in [0.15, 0.2) is 5.16 Å². The van der Waals surface area contributed by atoms with Crippen molar-refractivity contribution < 1.29 is 9.90 Å². The molecule has 0 saturated carbocycles. The summed E-state index contributed by atoms with van der Waals surface area (Å²) in [4.78, 5) is 31.2. The Hall–Kier alpha value is -1.60. The Labute approximate surface area is 123 Å². The quantitative estimate of drug-likeness (QED) is 0.669. The molecule has 7 heteroatoms. The maximum absolute atomic E-state index is 11.9. The molecule has 0 spiro atoms. The summed E-state index contributed by atoms with van der Waals surface area (Å²) in [5.74, 6) is -0.296. The third-order valence-electron chi connectivity index (χ3n) is 3.14. The molecule has 0 unspecified atom stereocenters. The van der Waals surface area contributed by atoms with Crippen molar-refractivity contribution >= 4 is 29.1 Å². The number of thioether (sulfide) groups is 1. The van der Waals surface area contributed by atoms with Crippen molar-refractivity contribution in [2.75, 3.05) is 0 Å². The van der Waals surface area contributed by atoms with E-state index in [-0.39, 0.29) is 5.56 Å². The minimum atomic E-state index is -0.907. The molecule has 2 N–H and O–H groups in total. The van der Waals surface area contributed by atoms with Crippen molar-refractivity contribution in [1.29, 1.82) is 0 Å². The highest BCUT2D eigenvalue weighted by Gasteiger charge is 2.17. The maximum atomic E-state index is 11.9. The van der Waals surface area contributed by atoms with E-state index in [2.05, 4.69) is 9.97 Å². The topological polar surface area (TPSA) is 83.0 Å². The van der Waals surface area contributed by atoms with Crippen LogP contribution in [-0.2, 0) is 18.6 Å². The Morgan fingerprint density at radius 2 is 2.30 bits per heavy atom. The second-order valence-electron chi connectivity index (χ2n) is 4.51. The first-order valence-electron chi connectivity index (χ1n) is 6.20. The molecule has 0 radical (unpaired) electrons. The monoisotopic (exact) mass is 308 g/mol. The van der Waals surface area contributed by atoms with Gasteiger partial charge >= 0.3 is 5.97 Å². The molecule has 2 aromatic heterocycles. The molecule has 20 heavy (non-hydrogen) atoms. The fraction of sp³-hybridized carbons (Fsp3) is 0.308. The lowest BCUT2D eigenvalue weighted by atomic mass is 10.3. The lowest BCUT2D eigenvalue weighted by Gasteiger charge is -2.02. The Balaban J connectivity index is 1.73. The number of nitrogens with one attached hydrogen (secondary N) is 1. The van der Waals surface area contributed by atoms with Gasteiger partial charge in [-0.15, -0.1) is 11.3 Å². The van der Waals surface area contributed by atoms with Crippen molar-refractivity contribution in [3.05, 3.63) is 43.5 Å². The number of nitrogens with zero attached hydrogens (tertiary/aromatic N) is 1. The number of hydrogen-bond acceptors (Lipinski definition) is 5. The van der Waals surface area contributed by atoms with E-state index in [4.69, 9.17) is 5.11 Å². The van der Waals surface area contributed by atoms with Gasteiger partial charge in [-0.1, -0.05) is 11.8 Å². The van der Waals surface area contributed by atoms with Crippen LogP contribution < -0.4 is 5.56 Å². The largest absolute Gasteiger partial charge is 0.477 e. The Morgan fingerprint density at radius 3 is 3.05 bits per heavy atom. The first-order chi connectivity index (χ1) is 9.63. The molecule has 104 valence electrons. The van der Waals surface area contributed by atoms with Crippen molar-refractivity contribution in [3.63, 3.8) is 0 Å². The van der Waals surface area contributed by atoms with E-state index in [1.165, 1.54) is 23.1 Å². The molecule has 2 aromatic rings. The molecule has 0 saturated heterocycles. The van der Waals surface area contributed by atoms with E-state index in [0.717, 1.165) is 35.4 Å². The average Bonchev–Trinajstić information content (AvgIpc) is 3.05. The van der Waals surface area contributed by atoms with Gasteiger partial charge in [0.05, 0.1) is 5.69 Å². The number of carboxylic acids is 1. The first kappa shape index (κ1) is 13.4. The average molecular weight is 308 g/mol. The SMILES string of the molecule is O=C(O)c1ccc(CSc2nc3c(c(=O)[nH]2)CCC3)s1. The maximum Gasteiger partial charge on any atom is 0.345 e. The van der Waals surface area contributed by atoms with Crippen LogP contribution in [0.3, 0.4) is 0 Å². The van der Waals surface area contributed by atoms with Crippen LogP contribution in [0.15, 0.2) is 22.1 Å². The second-order valence-corrected chi connectivity index (χ2v) is 6.64. The zero-order chi connectivity index (χ0) is 14.1. The predicted molar refractivity (Wildman–Crippen MR) is 77.7 cm³/mol. The molecule has 1 aliphatic carbocycles. The molecule has 0 fully saturated rings. The summed E-state index contributed by atoms with van der Waals surface area (Å²) in [6, 6.07) is 3.40. The Kier molecular flexibility index (Phi) is 3.62. The van der Waals surface area contributed by atoms with Crippen LogP contribution in [0.5, 0.6) is 0 Å². The highest BCUT2D eigenvalue weighted by molar-refractivity contribution is 7.98. The molecular weight excluding hydrogens is 296 g/mol. The molecule has 0 bridgehead atoms. The number of carboxylic acid groups (broad SMARTS) is 1. The van der Waals surface area contributed by atoms with Gasteiger partial charge < -0.3 is 10.1 Å². The highest BCUT2D eigenvalue weighted by Crippen LogP contribution is 2.26. The number of aromatic carboxylic acids is 1. The lowest BCUT2D eigenvalue weighted by Crippen LogP contribution is -2.14. The Morgan fingerprint density at radius 1 is 1.45 bits per heavy atom. The predicted octanol–water partition coefficient (Wildman–Crippen LogP) is 2.31. The third-order valence-corrected chi connectivity index (χ3v) is 5.32. The molecule has 2 heterocycles. The number of thiophene rings is 1. The van der Waals surface area contributed by atoms with Crippen LogP contribution in [-0.4, -0.2) is 21.0 Å². The van der Waals surface area contributed by atoms with E-state index in [1.807, 2.05) is 0 Å². The van der Waals surface area contributed by atoms with Crippen LogP contribution >= 0.6 is 23.1 Å². The van der Waals surface area contributed by atoms with E-state index in [1.54, 1.807) is 12.1 Å². The molecule has 3 rings (SSSR count). The molecule has 0 aromatic carbocycles. The second kappa shape index (κ2) is 5.41. The fourth-order valence-electron chi connectivity index (χ4n) is 2.20. The van der Waals surface area contributed by atoms with Crippen molar-refractivity contribution in [2.24, 2.45) is 0 Å². The van der Waals surface area contributed by atoms with E-state index >= 15 is 0 Å². The summed E-state index contributed by atoms with van der Waals surface area (Å²) in [6.07, 6.45) is 2.68. The van der Waals surface area contributed by atoms with Gasteiger partial charge in [0.1, 0.15) is 4.88 Å². The number of rotatable bonds is 4. The summed E-state index contributed by atoms with van der Waals surface area (Å²) in [6.45, 7) is 0. The van der Waals surface area contributed by atoms with Crippen molar-refractivity contribution in [2.45, 2.75) is 30.2 Å². The zero-order valence-electron chi connectivity index (χ0n) is 10.5. The summed E-state index contributed by atoms with van der Waals surface area (Å²) in [5.41, 5.74) is 1.69. The van der Waals surface area contributed by atoms with Gasteiger partial charge in [-0.3, -0.25) is 4.79 Å². The van der Waals surface area contributed by atoms with Crippen LogP contribution in [0.1, 0.15) is 32.2 Å². The van der Waals surface area contributed by atoms with Crippen molar-refractivity contribution in [3.8, 4) is 0 Å². The fourth-order valence-corrected chi connectivity index (χ4v) is 3.97. The summed E-state index contributed by atoms with van der Waals surface area (Å²) in [7, 11) is 0. The van der Waals surface area contributed by atoms with Crippen molar-refractivity contribution in [1.82, 2.24) is 9.97 Å². The number of carbonyl (C=O) groups is 1. The van der Waals surface area contributed by atoms with Gasteiger partial charge in [-0.25, -0.2) is 9.78 Å². The number of aromatic nitrogens is 2. The zero-order valence-corrected chi connectivity index (χ0v) is 12.1. The van der Waals surface area contributed by atoms with Gasteiger partial charge in [0, 0.05) is 16.2 Å². The molecule has 5 nitrogen and oxygen atoms in total. The smallest absolute Gasteiger partial charge is 0.345 e. The summed E-state index contributed by atoms with van der Waals surface area (Å²) < 4.78 is 0. The normalized spacial score (nSPS) is 13.4. The first-order valence-corrected chi connectivity index (χ1v) is 8.00. The van der Waals surface area contributed by atoms with E-state index in [9.17, 15) is 9.59 Å². The van der Waals surface area contributed by atoms with Gasteiger partial charge in [0.2, 0.25) is 0 Å². The molecule has 0 atom stereocenters. The number of H-pyrrole nitrogens is 1. The van der Waals surface area contributed by atoms with Crippen LogP contribution in [0.4, 0.5) is 0 Å². The van der Waals surface area contributed by atoms with Gasteiger partial charge in [0.25, 0.3) is 5.56 Å². The minimum Gasteiger partial charge on any atom is -0.477 e. The standard InChI is InChI=1S/C13H12N2O3S2/c16-11-8-2-1-3-9(8)14-13(15-11)19-6-7-4-5-10(20-7)12(17)18/h4-5H,1-3,6H2,(H,17,18)(H,14,15,16). The minimum absolute atomic E-state index is 0.0348. The van der Waals surface area contributed by atoms with Gasteiger partial charge in [-0.2, -0.15) is 0 Å². The van der Waals surface area contributed by atoms with Gasteiger partial charge in [-0.05, 0) is 31.4 Å². The van der Waals surface area contributed by atoms with Crippen LogP contribution in [0.2, 0.25) is 0 Å². The summed E-state index contributed by atoms with van der Waals surface area (Å²) >= 11 is 2.68. The van der Waals surface area contributed by atoms with E-state index < -0.39 is 5.97 Å². The van der Waals surface area contributed by atoms with Crippen LogP contribution in [0, 0.1) is 0 Å².